The number of rotatable bonds is 5. The molecular weight excluding hydrogens is 578 g/mol. The van der Waals surface area contributed by atoms with E-state index in [0.717, 1.165) is 16.9 Å². The van der Waals surface area contributed by atoms with E-state index in [-0.39, 0.29) is 12.1 Å². The van der Waals surface area contributed by atoms with E-state index in [4.69, 9.17) is 66.0 Å². The van der Waals surface area contributed by atoms with Crippen LogP contribution in [0, 0.1) is 6.92 Å². The Bertz CT molecular complexity index is 1270. The summed E-state index contributed by atoms with van der Waals surface area (Å²) in [5.74, 6) is 1.80. The van der Waals surface area contributed by atoms with Crippen molar-refractivity contribution in [1.82, 2.24) is 0 Å². The summed E-state index contributed by atoms with van der Waals surface area (Å²) in [6.07, 6.45) is 0. The molecule has 2 aliphatic rings. The predicted molar refractivity (Wildman–Crippen MR) is 143 cm³/mol. The average Bonchev–Trinajstić information content (AvgIpc) is 3.57. The zero-order chi connectivity index (χ0) is 25.7. The molecule has 2 heterocycles. The van der Waals surface area contributed by atoms with Crippen molar-refractivity contribution in [3.05, 3.63) is 98.5 Å². The number of hydrogen-bond donors (Lipinski definition) is 0. The Hall–Kier alpha value is -1.73. The summed E-state index contributed by atoms with van der Waals surface area (Å²) in [5, 5.41) is 0.842. The van der Waals surface area contributed by atoms with E-state index in [0.29, 0.717) is 46.2 Å². The van der Waals surface area contributed by atoms with Gasteiger partial charge in [-0.2, -0.15) is 0 Å². The molecule has 0 spiro atoms. The van der Waals surface area contributed by atoms with Crippen molar-refractivity contribution in [1.29, 1.82) is 0 Å². The van der Waals surface area contributed by atoms with E-state index in [2.05, 4.69) is 31.2 Å². The van der Waals surface area contributed by atoms with Gasteiger partial charge in [0.2, 0.25) is 11.8 Å². The number of aryl methyl sites for hydroxylation is 1. The van der Waals surface area contributed by atoms with Crippen LogP contribution < -0.4 is 4.74 Å². The zero-order valence-electron chi connectivity index (χ0n) is 19.5. The van der Waals surface area contributed by atoms with Gasteiger partial charge >= 0.3 is 35.6 Å². The number of hydrogen-bond acceptors (Lipinski definition) is 5. The van der Waals surface area contributed by atoms with Gasteiger partial charge in [-0.25, -0.2) is 9.98 Å². The fourth-order valence-corrected chi connectivity index (χ4v) is 4.23. The molecule has 5 rings (SSSR count). The Labute approximate surface area is 237 Å². The topological polar surface area (TPSA) is 52.4 Å². The van der Waals surface area contributed by atoms with E-state index in [1.807, 2.05) is 24.3 Å². The molecule has 5 nitrogen and oxygen atoms in total. The quantitative estimate of drug-likeness (QED) is 0.282. The molecular formula is C26H22Cl4N2O3Ti. The summed E-state index contributed by atoms with van der Waals surface area (Å²) >= 11 is 12.2. The number of aliphatic imine (C=N–C) groups is 2. The Morgan fingerprint density at radius 2 is 1.19 bits per heavy atom. The fraction of sp³-hybridized carbons (Fsp3) is 0.231. The maximum absolute atomic E-state index is 6.36. The molecule has 0 unspecified atom stereocenters. The van der Waals surface area contributed by atoms with E-state index >= 15 is 0 Å². The van der Waals surface area contributed by atoms with Gasteiger partial charge in [0.25, 0.3) is 0 Å². The van der Waals surface area contributed by atoms with Crippen LogP contribution >= 0.6 is 41.8 Å². The zero-order valence-corrected chi connectivity index (χ0v) is 24.1. The summed E-state index contributed by atoms with van der Waals surface area (Å²) in [7, 11) is 11.4. The summed E-state index contributed by atoms with van der Waals surface area (Å²) in [4.78, 5) is 9.64. The van der Waals surface area contributed by atoms with E-state index in [9.17, 15) is 0 Å². The number of ether oxygens (including phenoxy) is 3. The van der Waals surface area contributed by atoms with E-state index < -0.39 is 17.0 Å². The molecule has 0 aliphatic carbocycles. The monoisotopic (exact) mass is 598 g/mol. The molecule has 0 fully saturated rings. The van der Waals surface area contributed by atoms with Crippen LogP contribution in [-0.2, 0) is 26.5 Å². The average molecular weight is 600 g/mol. The van der Waals surface area contributed by atoms with Gasteiger partial charge in [0.15, 0.2) is 0 Å². The number of methoxy groups -OCH3 is 1. The molecule has 0 radical (unpaired) electrons. The maximum atomic E-state index is 6.36. The summed E-state index contributed by atoms with van der Waals surface area (Å²) < 4.78 is 17.2. The predicted octanol–water partition coefficient (Wildman–Crippen LogP) is 7.72. The Balaban J connectivity index is 0.000000967. The van der Waals surface area contributed by atoms with Crippen LogP contribution in [0.2, 0.25) is 10.0 Å². The Morgan fingerprint density at radius 1 is 0.778 bits per heavy atom. The van der Waals surface area contributed by atoms with Crippen molar-refractivity contribution < 1.29 is 31.2 Å². The number of halogens is 4. The minimum absolute atomic E-state index is 0.0820. The molecule has 2 atom stereocenters. The van der Waals surface area contributed by atoms with Gasteiger partial charge in [0, 0.05) is 0 Å². The van der Waals surface area contributed by atoms with Crippen molar-refractivity contribution >= 4 is 53.6 Å². The molecule has 0 saturated heterocycles. The fourth-order valence-electron chi connectivity index (χ4n) is 3.90. The third kappa shape index (κ3) is 6.39. The first-order valence-corrected chi connectivity index (χ1v) is 16.1. The van der Waals surface area contributed by atoms with Crippen molar-refractivity contribution in [3.63, 3.8) is 0 Å². The summed E-state index contributed by atoms with van der Waals surface area (Å²) in [6, 6.07) is 19.4. The first kappa shape index (κ1) is 27.3. The SMILES string of the molecule is COc1ccc([C@H]2COC(c3cc(Cl)c(Cl)cc3C3=N[C@@H](c4ccc(C)cc4)CO3)=N2)cc1.[Cl][Ti][Cl]. The van der Waals surface area contributed by atoms with Crippen LogP contribution in [0.25, 0.3) is 0 Å². The molecule has 0 N–H and O–H groups in total. The Kier molecular flexibility index (Phi) is 9.62. The second kappa shape index (κ2) is 12.7. The first-order chi connectivity index (χ1) is 17.4. The van der Waals surface area contributed by atoms with Crippen LogP contribution in [0.15, 0.2) is 70.6 Å². The van der Waals surface area contributed by atoms with Gasteiger partial charge in [0.05, 0.1) is 28.3 Å². The standard InChI is InChI=1S/C26H22Cl2N2O3.2ClH.Ti/c1-15-3-5-16(6-4-15)23-13-32-25(29-23)19-11-21(27)22(28)12-20(19)26-30-24(14-33-26)17-7-9-18(31-2)10-8-17;;;/h3-12,23-24H,13-14H2,1-2H3;2*1H;/q;;;+2/p-2/t23-,24-;;;/m1.../s1. The molecule has 0 saturated carbocycles. The van der Waals surface area contributed by atoms with Gasteiger partial charge in [-0.3, -0.25) is 0 Å². The van der Waals surface area contributed by atoms with Gasteiger partial charge in [-0.1, -0.05) is 65.2 Å². The second-order valence-electron chi connectivity index (χ2n) is 8.09. The third-order valence-corrected chi connectivity index (χ3v) is 6.51. The third-order valence-electron chi connectivity index (χ3n) is 5.79. The second-order valence-corrected chi connectivity index (χ2v) is 11.5. The Morgan fingerprint density at radius 3 is 1.61 bits per heavy atom. The van der Waals surface area contributed by atoms with Crippen LogP contribution in [-0.4, -0.2) is 32.1 Å². The van der Waals surface area contributed by atoms with Gasteiger partial charge in [-0.05, 0) is 42.3 Å². The van der Waals surface area contributed by atoms with E-state index in [1.54, 1.807) is 19.2 Å². The van der Waals surface area contributed by atoms with Crippen molar-refractivity contribution in [2.75, 3.05) is 20.3 Å². The van der Waals surface area contributed by atoms with E-state index in [1.165, 1.54) is 5.56 Å². The molecule has 186 valence electrons. The number of nitrogens with zero attached hydrogens (tertiary/aromatic N) is 2. The normalized spacial score (nSPS) is 18.3. The molecule has 3 aromatic rings. The van der Waals surface area contributed by atoms with Crippen molar-refractivity contribution in [3.8, 4) is 5.75 Å². The molecule has 0 aromatic heterocycles. The van der Waals surface area contributed by atoms with Crippen LogP contribution in [0.1, 0.15) is 39.9 Å². The minimum atomic E-state index is -0.556. The van der Waals surface area contributed by atoms with Crippen LogP contribution in [0.3, 0.4) is 0 Å². The molecule has 10 heteroatoms. The van der Waals surface area contributed by atoms with Gasteiger partial charge in [-0.15, -0.1) is 0 Å². The molecule has 36 heavy (non-hydrogen) atoms. The molecule has 0 amide bonds. The van der Waals surface area contributed by atoms with Gasteiger partial charge in [0.1, 0.15) is 31.0 Å². The van der Waals surface area contributed by atoms with Crippen LogP contribution in [0.5, 0.6) is 5.75 Å². The van der Waals surface area contributed by atoms with Crippen LogP contribution in [0.4, 0.5) is 0 Å². The first-order valence-electron chi connectivity index (χ1n) is 11.0. The van der Waals surface area contributed by atoms with Gasteiger partial charge < -0.3 is 14.2 Å². The molecule has 2 aliphatic heterocycles. The molecule has 3 aromatic carbocycles. The summed E-state index contributed by atoms with van der Waals surface area (Å²) in [6.45, 7) is 2.95. The van der Waals surface area contributed by atoms with Crippen molar-refractivity contribution in [2.24, 2.45) is 9.98 Å². The molecule has 0 bridgehead atoms. The summed E-state index contributed by atoms with van der Waals surface area (Å²) in [5.41, 5.74) is 4.78. The van der Waals surface area contributed by atoms with Crippen molar-refractivity contribution in [2.45, 2.75) is 19.0 Å². The number of benzene rings is 3.